The average molecular weight is 307 g/mol. The van der Waals surface area contributed by atoms with Gasteiger partial charge in [-0.1, -0.05) is 59.9 Å². The van der Waals surface area contributed by atoms with E-state index in [0.717, 1.165) is 12.3 Å². The molecule has 0 unspecified atom stereocenters. The third-order valence-corrected chi connectivity index (χ3v) is 6.61. The fourth-order valence-electron chi connectivity index (χ4n) is 2.11. The van der Waals surface area contributed by atoms with Crippen LogP contribution in [0.25, 0.3) is 20.0 Å². The molecule has 0 fully saturated rings. The molecule has 0 saturated heterocycles. The number of nitrogens with zero attached hydrogens (tertiary/aromatic N) is 1. The lowest BCUT2D eigenvalue weighted by atomic mass is 10.2. The zero-order chi connectivity index (χ0) is 13.2. The van der Waals surface area contributed by atoms with E-state index in [1.165, 1.54) is 24.3 Å². The van der Waals surface area contributed by atoms with Crippen LogP contribution < -0.4 is 4.57 Å². The van der Waals surface area contributed by atoms with Gasteiger partial charge in [-0.3, -0.25) is 0 Å². The molecule has 19 heavy (non-hydrogen) atoms. The first-order chi connectivity index (χ1) is 9.33. The van der Waals surface area contributed by atoms with Crippen LogP contribution in [0, 0.1) is 0 Å². The fraction of sp³-hybridized carbons (Fsp3) is 0.267. The fourth-order valence-corrected chi connectivity index (χ4v) is 6.05. The summed E-state index contributed by atoms with van der Waals surface area (Å²) >= 11 is 5.78. The first kappa shape index (κ1) is 13.2. The van der Waals surface area contributed by atoms with E-state index in [-0.39, 0.29) is 0 Å². The van der Waals surface area contributed by atoms with Gasteiger partial charge in [-0.25, -0.2) is 0 Å². The van der Waals surface area contributed by atoms with Gasteiger partial charge in [0, 0.05) is 10.6 Å². The number of rotatable bonds is 4. The molecule has 0 spiro atoms. The maximum Gasteiger partial charge on any atom is 0.299 e. The number of fused-ring (bicyclic) bond motifs is 1. The second kappa shape index (κ2) is 5.65. The van der Waals surface area contributed by atoms with Crippen LogP contribution in [-0.2, 0) is 6.54 Å². The molecule has 0 aliphatic carbocycles. The van der Waals surface area contributed by atoms with Crippen molar-refractivity contribution in [3.05, 3.63) is 36.4 Å². The zero-order valence-corrected chi connectivity index (χ0v) is 13.5. The second-order valence-electron chi connectivity index (χ2n) is 4.19. The number of thioether (sulfide) groups is 1. The lowest BCUT2D eigenvalue weighted by Gasteiger charge is -1.95. The Morgan fingerprint density at radius 1 is 1.11 bits per heavy atom. The molecule has 1 nitrogen and oxygen atoms in total. The minimum Gasteiger partial charge on any atom is -0.168 e. The van der Waals surface area contributed by atoms with Gasteiger partial charge in [0.15, 0.2) is 0 Å². The van der Waals surface area contributed by atoms with Crippen molar-refractivity contribution in [1.29, 1.82) is 0 Å². The van der Waals surface area contributed by atoms with Crippen LogP contribution in [0.1, 0.15) is 13.8 Å². The molecule has 0 amide bonds. The highest BCUT2D eigenvalue weighted by Crippen LogP contribution is 2.37. The summed E-state index contributed by atoms with van der Waals surface area (Å²) in [5.74, 6) is 1.14. The normalized spacial score (nSPS) is 11.3. The monoisotopic (exact) mass is 306 g/mol. The molecule has 2 heterocycles. The molecule has 98 valence electrons. The summed E-state index contributed by atoms with van der Waals surface area (Å²) in [5.41, 5.74) is 1.32. The van der Waals surface area contributed by atoms with Crippen molar-refractivity contribution in [3.8, 4) is 10.4 Å². The Labute approximate surface area is 125 Å². The van der Waals surface area contributed by atoms with Crippen molar-refractivity contribution in [3.63, 3.8) is 0 Å². The van der Waals surface area contributed by atoms with Gasteiger partial charge in [-0.05, 0) is 30.3 Å². The molecule has 0 aliphatic heterocycles. The van der Waals surface area contributed by atoms with Crippen molar-refractivity contribution in [2.45, 2.75) is 24.7 Å². The SMILES string of the molecule is CCSc1sc2cc(-c3ccccc3)sc2[n+]1CC. The van der Waals surface area contributed by atoms with E-state index in [9.17, 15) is 0 Å². The molecule has 1 aromatic carbocycles. The number of thiophene rings is 1. The third kappa shape index (κ3) is 2.45. The largest absolute Gasteiger partial charge is 0.299 e. The summed E-state index contributed by atoms with van der Waals surface area (Å²) in [7, 11) is 0. The Hall–Kier alpha value is -0.840. The molecule has 0 bridgehead atoms. The third-order valence-electron chi connectivity index (χ3n) is 2.98. The van der Waals surface area contributed by atoms with Crippen LogP contribution in [0.5, 0.6) is 0 Å². The van der Waals surface area contributed by atoms with Crippen LogP contribution in [0.3, 0.4) is 0 Å². The van der Waals surface area contributed by atoms with E-state index < -0.39 is 0 Å². The molecular formula is C15H16NS3+. The second-order valence-corrected chi connectivity index (χ2v) is 7.76. The van der Waals surface area contributed by atoms with E-state index >= 15 is 0 Å². The minimum absolute atomic E-state index is 1.05. The topological polar surface area (TPSA) is 3.88 Å². The molecular weight excluding hydrogens is 290 g/mol. The summed E-state index contributed by atoms with van der Waals surface area (Å²) in [6.45, 7) is 5.50. The van der Waals surface area contributed by atoms with E-state index in [1.807, 2.05) is 34.4 Å². The summed E-state index contributed by atoms with van der Waals surface area (Å²) in [6.07, 6.45) is 0. The van der Waals surface area contributed by atoms with Gasteiger partial charge in [0.25, 0.3) is 9.17 Å². The molecule has 0 atom stereocenters. The Morgan fingerprint density at radius 2 is 1.89 bits per heavy atom. The molecule has 3 aromatic rings. The number of benzene rings is 1. The highest BCUT2D eigenvalue weighted by Gasteiger charge is 2.22. The quantitative estimate of drug-likeness (QED) is 0.482. The molecule has 0 N–H and O–H groups in total. The summed E-state index contributed by atoms with van der Waals surface area (Å²) < 4.78 is 5.30. The summed E-state index contributed by atoms with van der Waals surface area (Å²) in [4.78, 5) is 2.79. The van der Waals surface area contributed by atoms with Gasteiger partial charge in [0.1, 0.15) is 11.2 Å². The molecule has 3 rings (SSSR count). The molecule has 0 saturated carbocycles. The van der Waals surface area contributed by atoms with Crippen LogP contribution in [0.4, 0.5) is 0 Å². The molecule has 0 radical (unpaired) electrons. The molecule has 0 aliphatic rings. The van der Waals surface area contributed by atoms with Crippen LogP contribution in [0.15, 0.2) is 40.7 Å². The highest BCUT2D eigenvalue weighted by molar-refractivity contribution is 8.00. The van der Waals surface area contributed by atoms with E-state index in [4.69, 9.17) is 0 Å². The standard InChI is InChI=1S/C15H16NS3/c1-3-16-14-13(19-15(16)17-4-2)10-12(18-14)11-8-6-5-7-9-11/h5-10H,3-4H2,1-2H3/q+1. The number of hydrogen-bond acceptors (Lipinski definition) is 3. The Balaban J connectivity index is 2.10. The van der Waals surface area contributed by atoms with Crippen LogP contribution in [-0.4, -0.2) is 5.75 Å². The smallest absolute Gasteiger partial charge is 0.168 e. The average Bonchev–Trinajstić information content (AvgIpc) is 2.97. The number of aryl methyl sites for hydroxylation is 1. The Kier molecular flexibility index (Phi) is 3.91. The van der Waals surface area contributed by atoms with E-state index in [2.05, 4.69) is 54.8 Å². The van der Waals surface area contributed by atoms with Crippen LogP contribution in [0.2, 0.25) is 0 Å². The summed E-state index contributed by atoms with van der Waals surface area (Å²) in [6, 6.07) is 13.0. The van der Waals surface area contributed by atoms with Gasteiger partial charge < -0.3 is 0 Å². The van der Waals surface area contributed by atoms with E-state index in [1.54, 1.807) is 0 Å². The predicted octanol–water partition coefficient (Wildman–Crippen LogP) is 5.05. The maximum absolute atomic E-state index is 2.45. The lowest BCUT2D eigenvalue weighted by Crippen LogP contribution is -2.31. The Bertz CT molecular complexity index is 682. The number of thiazole rings is 1. The first-order valence-electron chi connectivity index (χ1n) is 6.47. The van der Waals surface area contributed by atoms with Gasteiger partial charge >= 0.3 is 0 Å². The minimum atomic E-state index is 1.05. The van der Waals surface area contributed by atoms with E-state index in [0.29, 0.717) is 0 Å². The number of hydrogen-bond donors (Lipinski definition) is 0. The predicted molar refractivity (Wildman–Crippen MR) is 87.4 cm³/mol. The van der Waals surface area contributed by atoms with Crippen molar-refractivity contribution >= 4 is 44.0 Å². The van der Waals surface area contributed by atoms with Gasteiger partial charge in [0.05, 0.1) is 0 Å². The van der Waals surface area contributed by atoms with Crippen LogP contribution >= 0.6 is 34.4 Å². The maximum atomic E-state index is 2.45. The highest BCUT2D eigenvalue weighted by atomic mass is 32.2. The van der Waals surface area contributed by atoms with Crippen molar-refractivity contribution in [1.82, 2.24) is 0 Å². The van der Waals surface area contributed by atoms with Gasteiger partial charge in [0.2, 0.25) is 0 Å². The molecule has 2 aromatic heterocycles. The van der Waals surface area contributed by atoms with Crippen molar-refractivity contribution < 1.29 is 4.57 Å². The zero-order valence-electron chi connectivity index (χ0n) is 11.1. The van der Waals surface area contributed by atoms with Crippen molar-refractivity contribution in [2.75, 3.05) is 5.75 Å². The molecule has 4 heteroatoms. The summed E-state index contributed by atoms with van der Waals surface area (Å²) in [5, 5.41) is 0. The van der Waals surface area contributed by atoms with Crippen molar-refractivity contribution in [2.24, 2.45) is 0 Å². The van der Waals surface area contributed by atoms with Gasteiger partial charge in [-0.15, -0.1) is 0 Å². The Morgan fingerprint density at radius 3 is 2.58 bits per heavy atom. The number of aromatic nitrogens is 1. The first-order valence-corrected chi connectivity index (χ1v) is 9.09. The lowest BCUT2D eigenvalue weighted by molar-refractivity contribution is -0.696. The van der Waals surface area contributed by atoms with Gasteiger partial charge in [-0.2, -0.15) is 4.57 Å².